The van der Waals surface area contributed by atoms with Crippen LogP contribution in [0.15, 0.2) is 24.3 Å². The highest BCUT2D eigenvalue weighted by Crippen LogP contribution is 2.29. The fourth-order valence-corrected chi connectivity index (χ4v) is 1.37. The molecule has 0 heterocycles. The van der Waals surface area contributed by atoms with Gasteiger partial charge in [-0.05, 0) is 18.6 Å². The summed E-state index contributed by atoms with van der Waals surface area (Å²) in [6.45, 7) is 0.465. The Morgan fingerprint density at radius 1 is 1.24 bits per heavy atom. The Kier molecular flexibility index (Phi) is 4.69. The quantitative estimate of drug-likeness (QED) is 0.588. The number of carbonyl (C=O) groups is 1. The highest BCUT2D eigenvalue weighted by atomic mass is 19.4. The van der Waals surface area contributed by atoms with E-state index in [-0.39, 0.29) is 12.2 Å². The molecule has 5 heteroatoms. The van der Waals surface area contributed by atoms with Crippen molar-refractivity contribution in [1.29, 1.82) is 0 Å². The predicted molar refractivity (Wildman–Crippen MR) is 56.9 cm³/mol. The molecule has 0 aliphatic rings. The van der Waals surface area contributed by atoms with Gasteiger partial charge in [0.1, 0.15) is 0 Å². The Bertz CT molecular complexity index is 368. The van der Waals surface area contributed by atoms with Gasteiger partial charge in [-0.3, -0.25) is 4.79 Å². The van der Waals surface area contributed by atoms with Crippen LogP contribution >= 0.6 is 0 Å². The van der Waals surface area contributed by atoms with Crippen molar-refractivity contribution in [2.75, 3.05) is 13.7 Å². The number of halogens is 3. The molecule has 0 amide bonds. The summed E-state index contributed by atoms with van der Waals surface area (Å²) in [4.78, 5) is 11.5. The molecule has 0 atom stereocenters. The predicted octanol–water partition coefficient (Wildman–Crippen LogP) is 3.31. The molecule has 0 aliphatic heterocycles. The average molecular weight is 246 g/mol. The monoisotopic (exact) mass is 246 g/mol. The van der Waals surface area contributed by atoms with Crippen LogP contribution in [0, 0.1) is 0 Å². The van der Waals surface area contributed by atoms with Crippen LogP contribution in [0.25, 0.3) is 0 Å². The third kappa shape index (κ3) is 4.19. The Morgan fingerprint density at radius 2 is 1.82 bits per heavy atom. The van der Waals surface area contributed by atoms with Crippen molar-refractivity contribution in [2.45, 2.75) is 19.0 Å². The lowest BCUT2D eigenvalue weighted by molar-refractivity contribution is -0.137. The molecule has 0 unspecified atom stereocenters. The van der Waals surface area contributed by atoms with Gasteiger partial charge in [0, 0.05) is 25.7 Å². The van der Waals surface area contributed by atoms with Crippen molar-refractivity contribution in [1.82, 2.24) is 0 Å². The van der Waals surface area contributed by atoms with Gasteiger partial charge >= 0.3 is 6.18 Å². The zero-order chi connectivity index (χ0) is 12.9. The molecule has 1 aromatic carbocycles. The summed E-state index contributed by atoms with van der Waals surface area (Å²) in [6.07, 6.45) is -3.52. The number of rotatable bonds is 5. The lowest BCUT2D eigenvalue weighted by atomic mass is 10.0. The van der Waals surface area contributed by atoms with E-state index in [9.17, 15) is 18.0 Å². The number of ether oxygens (including phenoxy) is 1. The summed E-state index contributed by atoms with van der Waals surface area (Å²) in [5.41, 5.74) is -0.444. The number of alkyl halides is 3. The average Bonchev–Trinajstić information content (AvgIpc) is 2.28. The molecule has 0 N–H and O–H groups in total. The highest BCUT2D eigenvalue weighted by Gasteiger charge is 2.30. The second-order valence-electron chi connectivity index (χ2n) is 3.59. The number of methoxy groups -OCH3 is 1. The summed E-state index contributed by atoms with van der Waals surface area (Å²) in [5.74, 6) is -0.171. The van der Waals surface area contributed by atoms with Gasteiger partial charge in [-0.1, -0.05) is 12.1 Å². The molecule has 2 nitrogen and oxygen atoms in total. The van der Waals surface area contributed by atoms with E-state index in [1.54, 1.807) is 0 Å². The van der Waals surface area contributed by atoms with Crippen molar-refractivity contribution >= 4 is 5.78 Å². The van der Waals surface area contributed by atoms with Crippen LogP contribution in [0.1, 0.15) is 28.8 Å². The second-order valence-corrected chi connectivity index (χ2v) is 3.59. The largest absolute Gasteiger partial charge is 0.416 e. The van der Waals surface area contributed by atoms with Crippen molar-refractivity contribution in [3.8, 4) is 0 Å². The molecule has 0 bridgehead atoms. The fourth-order valence-electron chi connectivity index (χ4n) is 1.37. The van der Waals surface area contributed by atoms with E-state index in [1.165, 1.54) is 19.2 Å². The minimum Gasteiger partial charge on any atom is -0.385 e. The summed E-state index contributed by atoms with van der Waals surface area (Å²) >= 11 is 0. The number of carbonyl (C=O) groups excluding carboxylic acids is 1. The standard InChI is InChI=1S/C12H13F3O2/c1-17-8-2-3-11(16)9-4-6-10(7-5-9)12(13,14)15/h4-7H,2-3,8H2,1H3. The molecule has 0 fully saturated rings. The van der Waals surface area contributed by atoms with E-state index in [2.05, 4.69) is 0 Å². The summed E-state index contributed by atoms with van der Waals surface area (Å²) in [5, 5.41) is 0. The first-order valence-electron chi connectivity index (χ1n) is 5.14. The second kappa shape index (κ2) is 5.82. The number of hydrogen-bond acceptors (Lipinski definition) is 2. The highest BCUT2D eigenvalue weighted by molar-refractivity contribution is 5.96. The number of Topliss-reactive ketones (excluding diaryl/α,β-unsaturated/α-hetero) is 1. The lowest BCUT2D eigenvalue weighted by Crippen LogP contribution is -2.06. The lowest BCUT2D eigenvalue weighted by Gasteiger charge is -2.07. The molecular formula is C12H13F3O2. The Balaban J connectivity index is 2.64. The minimum absolute atomic E-state index is 0.171. The number of benzene rings is 1. The first kappa shape index (κ1) is 13.7. The van der Waals surface area contributed by atoms with E-state index in [4.69, 9.17) is 4.74 Å². The molecule has 0 saturated carbocycles. The van der Waals surface area contributed by atoms with E-state index in [0.717, 1.165) is 12.1 Å². The third-order valence-corrected chi connectivity index (χ3v) is 2.29. The maximum Gasteiger partial charge on any atom is 0.416 e. The molecular weight excluding hydrogens is 233 g/mol. The maximum absolute atomic E-state index is 12.3. The van der Waals surface area contributed by atoms with Gasteiger partial charge in [-0.25, -0.2) is 0 Å². The number of hydrogen-bond donors (Lipinski definition) is 0. The fraction of sp³-hybridized carbons (Fsp3) is 0.417. The van der Waals surface area contributed by atoms with Crippen LogP contribution in [0.4, 0.5) is 13.2 Å². The van der Waals surface area contributed by atoms with E-state index < -0.39 is 11.7 Å². The first-order valence-corrected chi connectivity index (χ1v) is 5.14. The van der Waals surface area contributed by atoms with Gasteiger partial charge in [0.2, 0.25) is 0 Å². The van der Waals surface area contributed by atoms with Crippen molar-refractivity contribution in [3.05, 3.63) is 35.4 Å². The van der Waals surface area contributed by atoms with Crippen LogP contribution in [-0.2, 0) is 10.9 Å². The van der Waals surface area contributed by atoms with Gasteiger partial charge in [0.15, 0.2) is 5.78 Å². The van der Waals surface area contributed by atoms with Crippen LogP contribution in [0.3, 0.4) is 0 Å². The van der Waals surface area contributed by atoms with E-state index in [0.29, 0.717) is 18.6 Å². The molecule has 94 valence electrons. The third-order valence-electron chi connectivity index (χ3n) is 2.29. The Labute approximate surface area is 97.4 Å². The normalized spacial score (nSPS) is 11.5. The van der Waals surface area contributed by atoms with Crippen molar-refractivity contribution in [2.24, 2.45) is 0 Å². The zero-order valence-electron chi connectivity index (χ0n) is 9.38. The topological polar surface area (TPSA) is 26.3 Å². The van der Waals surface area contributed by atoms with Gasteiger partial charge in [0.25, 0.3) is 0 Å². The molecule has 1 aromatic rings. The molecule has 0 aliphatic carbocycles. The Hall–Kier alpha value is -1.36. The van der Waals surface area contributed by atoms with Crippen molar-refractivity contribution in [3.63, 3.8) is 0 Å². The maximum atomic E-state index is 12.3. The molecule has 0 aromatic heterocycles. The minimum atomic E-state index is -4.36. The van der Waals surface area contributed by atoms with Gasteiger partial charge in [0.05, 0.1) is 5.56 Å². The summed E-state index contributed by atoms with van der Waals surface area (Å²) < 4.78 is 41.6. The van der Waals surface area contributed by atoms with Crippen LogP contribution < -0.4 is 0 Å². The summed E-state index contributed by atoms with van der Waals surface area (Å²) in [7, 11) is 1.53. The SMILES string of the molecule is COCCCC(=O)c1ccc(C(F)(F)F)cc1. The first-order chi connectivity index (χ1) is 7.95. The van der Waals surface area contributed by atoms with Gasteiger partial charge in [-0.15, -0.1) is 0 Å². The van der Waals surface area contributed by atoms with Crippen LogP contribution in [0.2, 0.25) is 0 Å². The van der Waals surface area contributed by atoms with E-state index in [1.807, 2.05) is 0 Å². The van der Waals surface area contributed by atoms with Crippen LogP contribution in [0.5, 0.6) is 0 Å². The molecule has 0 saturated heterocycles. The van der Waals surface area contributed by atoms with E-state index >= 15 is 0 Å². The smallest absolute Gasteiger partial charge is 0.385 e. The Morgan fingerprint density at radius 3 is 2.29 bits per heavy atom. The molecule has 0 radical (unpaired) electrons. The van der Waals surface area contributed by atoms with Gasteiger partial charge in [-0.2, -0.15) is 13.2 Å². The number of ketones is 1. The molecule has 1 rings (SSSR count). The van der Waals surface area contributed by atoms with Crippen molar-refractivity contribution < 1.29 is 22.7 Å². The zero-order valence-corrected chi connectivity index (χ0v) is 9.38. The molecule has 17 heavy (non-hydrogen) atoms. The summed E-state index contributed by atoms with van der Waals surface area (Å²) in [6, 6.07) is 4.25. The molecule has 0 spiro atoms. The van der Waals surface area contributed by atoms with Gasteiger partial charge < -0.3 is 4.74 Å². The van der Waals surface area contributed by atoms with Crippen LogP contribution in [-0.4, -0.2) is 19.5 Å².